The number of guanidine groups is 1. The molecule has 0 amide bonds. The van der Waals surface area contributed by atoms with E-state index in [-0.39, 0.29) is 24.0 Å². The van der Waals surface area contributed by atoms with Crippen molar-refractivity contribution in [1.82, 2.24) is 4.90 Å². The molecule has 0 saturated heterocycles. The number of anilines is 1. The Hall–Kier alpha value is -1.60. The zero-order valence-electron chi connectivity index (χ0n) is 15.3. The number of nitrogens with zero attached hydrogens (tertiary/aromatic N) is 2. The lowest BCUT2D eigenvalue weighted by molar-refractivity contribution is 0.295. The molecule has 0 unspecified atom stereocenters. The molecular formula is C20H29IN4. The Morgan fingerprint density at radius 3 is 2.20 bits per heavy atom. The number of halogens is 1. The second kappa shape index (κ2) is 11.1. The fraction of sp³-hybridized carbons (Fsp3) is 0.350. The second-order valence-corrected chi connectivity index (χ2v) is 5.92. The van der Waals surface area contributed by atoms with Gasteiger partial charge in [0.1, 0.15) is 0 Å². The van der Waals surface area contributed by atoms with Gasteiger partial charge in [-0.1, -0.05) is 55.8 Å². The third kappa shape index (κ3) is 7.04. The summed E-state index contributed by atoms with van der Waals surface area (Å²) in [4.78, 5) is 6.90. The molecule has 4 nitrogen and oxygen atoms in total. The van der Waals surface area contributed by atoms with E-state index in [0.717, 1.165) is 25.3 Å². The average molecular weight is 452 g/mol. The number of benzene rings is 2. The van der Waals surface area contributed by atoms with E-state index in [1.165, 1.54) is 16.7 Å². The van der Waals surface area contributed by atoms with Gasteiger partial charge in [-0.05, 0) is 43.3 Å². The largest absolute Gasteiger partial charge is 0.370 e. The minimum atomic E-state index is 0. The Balaban J connectivity index is 0.00000312. The summed E-state index contributed by atoms with van der Waals surface area (Å²) in [6.45, 7) is 10.1. The number of hydrogen-bond acceptors (Lipinski definition) is 2. The monoisotopic (exact) mass is 452 g/mol. The lowest BCUT2D eigenvalue weighted by Crippen LogP contribution is -2.24. The van der Waals surface area contributed by atoms with Gasteiger partial charge in [0, 0.05) is 12.2 Å². The van der Waals surface area contributed by atoms with Crippen LogP contribution in [0.1, 0.15) is 30.5 Å². The van der Waals surface area contributed by atoms with Crippen molar-refractivity contribution in [3.8, 4) is 0 Å². The summed E-state index contributed by atoms with van der Waals surface area (Å²) in [6, 6.07) is 16.6. The fourth-order valence-electron chi connectivity index (χ4n) is 2.55. The molecule has 0 aromatic heterocycles. The van der Waals surface area contributed by atoms with Crippen molar-refractivity contribution in [3.05, 3.63) is 65.2 Å². The van der Waals surface area contributed by atoms with Gasteiger partial charge in [-0.2, -0.15) is 0 Å². The van der Waals surface area contributed by atoms with Crippen molar-refractivity contribution in [2.75, 3.05) is 18.4 Å². The van der Waals surface area contributed by atoms with E-state index in [4.69, 9.17) is 5.73 Å². The molecule has 136 valence electrons. The maximum absolute atomic E-state index is 6.02. The van der Waals surface area contributed by atoms with Crippen molar-refractivity contribution < 1.29 is 0 Å². The number of aryl methyl sites for hydroxylation is 1. The summed E-state index contributed by atoms with van der Waals surface area (Å²) < 4.78 is 0. The van der Waals surface area contributed by atoms with Crippen LogP contribution in [0.3, 0.4) is 0 Å². The number of aliphatic imine (C=N–C) groups is 1. The highest BCUT2D eigenvalue weighted by Crippen LogP contribution is 2.13. The van der Waals surface area contributed by atoms with Crippen LogP contribution in [0.4, 0.5) is 5.69 Å². The Labute approximate surface area is 168 Å². The highest BCUT2D eigenvalue weighted by molar-refractivity contribution is 14.0. The molecule has 0 saturated carbocycles. The van der Waals surface area contributed by atoms with Crippen LogP contribution in [0.15, 0.2) is 53.5 Å². The summed E-state index contributed by atoms with van der Waals surface area (Å²) in [5.41, 5.74) is 10.7. The van der Waals surface area contributed by atoms with Gasteiger partial charge in [-0.3, -0.25) is 4.90 Å². The quantitative estimate of drug-likeness (QED) is 0.373. The minimum absolute atomic E-state index is 0. The molecule has 0 aliphatic carbocycles. The van der Waals surface area contributed by atoms with E-state index < -0.39 is 0 Å². The van der Waals surface area contributed by atoms with Crippen LogP contribution in [-0.2, 0) is 13.1 Å². The van der Waals surface area contributed by atoms with E-state index in [9.17, 15) is 0 Å². The summed E-state index contributed by atoms with van der Waals surface area (Å²) >= 11 is 0. The predicted octanol–water partition coefficient (Wildman–Crippen LogP) is 4.38. The first-order valence-electron chi connectivity index (χ1n) is 8.55. The first-order chi connectivity index (χ1) is 11.6. The predicted molar refractivity (Wildman–Crippen MR) is 119 cm³/mol. The van der Waals surface area contributed by atoms with Gasteiger partial charge in [-0.25, -0.2) is 4.99 Å². The Morgan fingerprint density at radius 1 is 1.00 bits per heavy atom. The summed E-state index contributed by atoms with van der Waals surface area (Å²) in [7, 11) is 0. The van der Waals surface area contributed by atoms with Crippen LogP contribution in [0.5, 0.6) is 0 Å². The van der Waals surface area contributed by atoms with Crippen LogP contribution >= 0.6 is 24.0 Å². The van der Waals surface area contributed by atoms with Gasteiger partial charge < -0.3 is 11.1 Å². The standard InChI is InChI=1S/C20H28N4.HI/c1-4-24(5-2)15-18-9-7-6-8-17(18)14-22-20(21)23-19-12-10-16(3)11-13-19;/h6-13H,4-5,14-15H2,1-3H3,(H3,21,22,23);1H. The van der Waals surface area contributed by atoms with Gasteiger partial charge in [-0.15, -0.1) is 24.0 Å². The molecule has 25 heavy (non-hydrogen) atoms. The summed E-state index contributed by atoms with van der Waals surface area (Å²) in [6.07, 6.45) is 0. The second-order valence-electron chi connectivity index (χ2n) is 5.92. The highest BCUT2D eigenvalue weighted by Gasteiger charge is 2.06. The number of hydrogen-bond donors (Lipinski definition) is 2. The molecule has 5 heteroatoms. The van der Waals surface area contributed by atoms with Gasteiger partial charge in [0.25, 0.3) is 0 Å². The maximum Gasteiger partial charge on any atom is 0.193 e. The SMILES string of the molecule is CCN(CC)Cc1ccccc1CN=C(N)Nc1ccc(C)cc1.I. The molecule has 0 heterocycles. The molecule has 0 atom stereocenters. The van der Waals surface area contributed by atoms with Crippen molar-refractivity contribution in [1.29, 1.82) is 0 Å². The molecule has 2 aromatic rings. The zero-order chi connectivity index (χ0) is 17.4. The molecular weight excluding hydrogens is 423 g/mol. The Kier molecular flexibility index (Phi) is 9.52. The average Bonchev–Trinajstić information content (AvgIpc) is 2.60. The molecule has 0 fully saturated rings. The van der Waals surface area contributed by atoms with Crippen LogP contribution in [-0.4, -0.2) is 23.9 Å². The smallest absolute Gasteiger partial charge is 0.193 e. The van der Waals surface area contributed by atoms with Gasteiger partial charge >= 0.3 is 0 Å². The topological polar surface area (TPSA) is 53.6 Å². The zero-order valence-corrected chi connectivity index (χ0v) is 17.7. The lowest BCUT2D eigenvalue weighted by Gasteiger charge is -2.19. The van der Waals surface area contributed by atoms with E-state index in [1.807, 2.05) is 12.1 Å². The summed E-state index contributed by atoms with van der Waals surface area (Å²) in [5, 5.41) is 3.14. The van der Waals surface area contributed by atoms with Crippen LogP contribution in [0.2, 0.25) is 0 Å². The van der Waals surface area contributed by atoms with Gasteiger partial charge in [0.05, 0.1) is 6.54 Å². The third-order valence-corrected chi connectivity index (χ3v) is 4.15. The first kappa shape index (κ1) is 21.4. The van der Waals surface area contributed by atoms with E-state index >= 15 is 0 Å². The normalized spacial score (nSPS) is 11.3. The molecule has 0 aliphatic rings. The van der Waals surface area contributed by atoms with E-state index in [0.29, 0.717) is 12.5 Å². The maximum atomic E-state index is 6.02. The van der Waals surface area contributed by atoms with Gasteiger partial charge in [0.2, 0.25) is 0 Å². The Morgan fingerprint density at radius 2 is 1.60 bits per heavy atom. The molecule has 0 bridgehead atoms. The van der Waals surface area contributed by atoms with Crippen LogP contribution < -0.4 is 11.1 Å². The molecule has 0 aliphatic heterocycles. The number of nitrogens with one attached hydrogen (secondary N) is 1. The molecule has 2 rings (SSSR count). The molecule has 0 radical (unpaired) electrons. The van der Waals surface area contributed by atoms with Crippen molar-refractivity contribution in [2.45, 2.75) is 33.9 Å². The third-order valence-electron chi connectivity index (χ3n) is 4.15. The molecule has 2 aromatic carbocycles. The van der Waals surface area contributed by atoms with E-state index in [2.05, 4.69) is 72.4 Å². The number of rotatable bonds is 7. The summed E-state index contributed by atoms with van der Waals surface area (Å²) in [5.74, 6) is 0.441. The van der Waals surface area contributed by atoms with Gasteiger partial charge in [0.15, 0.2) is 5.96 Å². The first-order valence-corrected chi connectivity index (χ1v) is 8.55. The van der Waals surface area contributed by atoms with Crippen molar-refractivity contribution in [3.63, 3.8) is 0 Å². The number of nitrogens with two attached hydrogens (primary N) is 1. The van der Waals surface area contributed by atoms with Crippen LogP contribution in [0.25, 0.3) is 0 Å². The van der Waals surface area contributed by atoms with Crippen LogP contribution in [0, 0.1) is 6.92 Å². The molecule has 0 spiro atoms. The Bertz CT molecular complexity index is 664. The minimum Gasteiger partial charge on any atom is -0.370 e. The molecule has 3 N–H and O–H groups in total. The van der Waals surface area contributed by atoms with Crippen molar-refractivity contribution in [2.24, 2.45) is 10.7 Å². The van der Waals surface area contributed by atoms with Crippen molar-refractivity contribution >= 4 is 35.6 Å². The highest BCUT2D eigenvalue weighted by atomic mass is 127. The lowest BCUT2D eigenvalue weighted by atomic mass is 10.1. The fourth-order valence-corrected chi connectivity index (χ4v) is 2.55. The van der Waals surface area contributed by atoms with E-state index in [1.54, 1.807) is 0 Å².